The zero-order valence-electron chi connectivity index (χ0n) is 9.49. The lowest BCUT2D eigenvalue weighted by molar-refractivity contribution is 0.929. The van der Waals surface area contributed by atoms with Crippen LogP contribution in [-0.4, -0.2) is 4.99 Å². The first-order chi connectivity index (χ1) is 8.65. The van der Waals surface area contributed by atoms with Crippen molar-refractivity contribution < 1.29 is 0 Å². The van der Waals surface area contributed by atoms with E-state index >= 15 is 0 Å². The Bertz CT molecular complexity index is 552. The molecule has 0 heterocycles. The number of benzene rings is 2. The topological polar surface area (TPSA) is 12.0 Å². The zero-order valence-corrected chi connectivity index (χ0v) is 11.8. The Labute approximate surface area is 122 Å². The van der Waals surface area contributed by atoms with E-state index in [-0.39, 0.29) is 0 Å². The third-order valence-electron chi connectivity index (χ3n) is 2.45. The zero-order chi connectivity index (χ0) is 13.0. The Balaban J connectivity index is 1.98. The monoisotopic (exact) mass is 295 g/mol. The molecule has 0 aliphatic carbocycles. The van der Waals surface area contributed by atoms with Crippen LogP contribution in [0.4, 0.5) is 0 Å². The first kappa shape index (κ1) is 13.3. The summed E-state index contributed by atoms with van der Waals surface area (Å²) in [6.07, 6.45) is 0. The van der Waals surface area contributed by atoms with Crippen LogP contribution in [0, 0.1) is 0 Å². The van der Waals surface area contributed by atoms with Crippen LogP contribution in [0.25, 0.3) is 0 Å². The van der Waals surface area contributed by atoms with E-state index in [1.54, 1.807) is 0 Å². The summed E-state index contributed by atoms with van der Waals surface area (Å²) in [7, 11) is 0. The number of rotatable bonds is 3. The molecule has 1 N–H and O–H groups in total. The lowest BCUT2D eigenvalue weighted by Crippen LogP contribution is -2.21. The smallest absolute Gasteiger partial charge is 0.106 e. The summed E-state index contributed by atoms with van der Waals surface area (Å²) in [5.41, 5.74) is 2.05. The van der Waals surface area contributed by atoms with Crippen LogP contribution in [0.1, 0.15) is 11.1 Å². The van der Waals surface area contributed by atoms with Crippen molar-refractivity contribution in [2.75, 3.05) is 0 Å². The molecule has 2 aromatic rings. The quantitative estimate of drug-likeness (QED) is 0.839. The van der Waals surface area contributed by atoms with E-state index in [1.165, 1.54) is 0 Å². The van der Waals surface area contributed by atoms with Crippen LogP contribution < -0.4 is 5.32 Å². The molecule has 2 aromatic carbocycles. The summed E-state index contributed by atoms with van der Waals surface area (Å²) in [5, 5.41) is 4.61. The van der Waals surface area contributed by atoms with Crippen LogP contribution in [0.2, 0.25) is 10.0 Å². The van der Waals surface area contributed by atoms with Gasteiger partial charge in [-0.3, -0.25) is 0 Å². The van der Waals surface area contributed by atoms with E-state index in [2.05, 4.69) is 5.32 Å². The fourth-order valence-electron chi connectivity index (χ4n) is 1.52. The van der Waals surface area contributed by atoms with E-state index in [4.69, 9.17) is 35.4 Å². The van der Waals surface area contributed by atoms with Gasteiger partial charge < -0.3 is 5.32 Å². The van der Waals surface area contributed by atoms with Gasteiger partial charge in [0, 0.05) is 22.2 Å². The molecule has 0 atom stereocenters. The molecule has 0 fully saturated rings. The predicted molar refractivity (Wildman–Crippen MR) is 81.4 cm³/mol. The Morgan fingerprint density at radius 1 is 1.00 bits per heavy atom. The van der Waals surface area contributed by atoms with Crippen LogP contribution in [0.15, 0.2) is 48.5 Å². The van der Waals surface area contributed by atoms with Crippen molar-refractivity contribution in [3.63, 3.8) is 0 Å². The molecule has 0 amide bonds. The molecule has 2 rings (SSSR count). The Morgan fingerprint density at radius 3 is 2.39 bits per heavy atom. The van der Waals surface area contributed by atoms with Crippen molar-refractivity contribution in [2.45, 2.75) is 6.54 Å². The minimum atomic E-state index is 0.669. The Hall–Kier alpha value is -1.09. The van der Waals surface area contributed by atoms with Gasteiger partial charge in [0.15, 0.2) is 0 Å². The predicted octanol–water partition coefficient (Wildman–Crippen LogP) is 4.46. The maximum Gasteiger partial charge on any atom is 0.106 e. The highest BCUT2D eigenvalue weighted by Gasteiger charge is 2.01. The molecule has 0 aromatic heterocycles. The minimum Gasteiger partial charge on any atom is -0.372 e. The first-order valence-corrected chi connectivity index (χ1v) is 6.60. The third kappa shape index (κ3) is 3.70. The molecule has 4 heteroatoms. The molecule has 0 saturated carbocycles. The van der Waals surface area contributed by atoms with Crippen molar-refractivity contribution in [1.82, 2.24) is 5.32 Å². The summed E-state index contributed by atoms with van der Waals surface area (Å²) < 4.78 is 0. The normalized spacial score (nSPS) is 10.1. The number of nitrogens with one attached hydrogen (secondary N) is 1. The highest BCUT2D eigenvalue weighted by molar-refractivity contribution is 7.80. The van der Waals surface area contributed by atoms with Gasteiger partial charge in [-0.05, 0) is 29.8 Å². The molecule has 0 unspecified atom stereocenters. The summed E-state index contributed by atoms with van der Waals surface area (Å²) in [6, 6.07) is 15.1. The van der Waals surface area contributed by atoms with Crippen LogP contribution in [0.5, 0.6) is 0 Å². The van der Waals surface area contributed by atoms with Gasteiger partial charge in [0.25, 0.3) is 0 Å². The third-order valence-corrected chi connectivity index (χ3v) is 3.32. The highest BCUT2D eigenvalue weighted by Crippen LogP contribution is 2.12. The van der Waals surface area contributed by atoms with Crippen molar-refractivity contribution >= 4 is 40.4 Å². The van der Waals surface area contributed by atoms with Gasteiger partial charge in [-0.25, -0.2) is 0 Å². The molecule has 0 radical (unpaired) electrons. The van der Waals surface area contributed by atoms with Crippen molar-refractivity contribution in [3.05, 3.63) is 69.7 Å². The summed E-state index contributed by atoms with van der Waals surface area (Å²) in [6.45, 7) is 0.669. The van der Waals surface area contributed by atoms with E-state index in [0.717, 1.165) is 16.1 Å². The molecular weight excluding hydrogens is 285 g/mol. The summed E-state index contributed by atoms with van der Waals surface area (Å²) >= 11 is 17.1. The lowest BCUT2D eigenvalue weighted by Gasteiger charge is -2.08. The molecule has 1 nitrogen and oxygen atoms in total. The van der Waals surface area contributed by atoms with Gasteiger partial charge in [0.05, 0.1) is 0 Å². The summed E-state index contributed by atoms with van der Waals surface area (Å²) in [4.78, 5) is 0.687. The molecule has 92 valence electrons. The molecular formula is C14H11Cl2NS. The van der Waals surface area contributed by atoms with Crippen LogP contribution in [0.3, 0.4) is 0 Å². The van der Waals surface area contributed by atoms with Gasteiger partial charge in [0.2, 0.25) is 0 Å². The second kappa shape index (κ2) is 6.19. The molecule has 18 heavy (non-hydrogen) atoms. The number of thiocarbonyl (C=S) groups is 1. The fourth-order valence-corrected chi connectivity index (χ4v) is 2.03. The Kier molecular flexibility index (Phi) is 4.59. The average molecular weight is 296 g/mol. The molecule has 0 aliphatic rings. The number of hydrogen-bond donors (Lipinski definition) is 1. The van der Waals surface area contributed by atoms with Crippen LogP contribution in [-0.2, 0) is 6.54 Å². The molecule has 0 bridgehead atoms. The second-order valence-electron chi connectivity index (χ2n) is 3.82. The van der Waals surface area contributed by atoms with E-state index in [0.29, 0.717) is 16.6 Å². The van der Waals surface area contributed by atoms with Crippen LogP contribution >= 0.6 is 35.4 Å². The SMILES string of the molecule is S=C(NCc1ccc(Cl)cc1)c1cccc(Cl)c1. The van der Waals surface area contributed by atoms with Gasteiger partial charge in [-0.1, -0.05) is 59.7 Å². The second-order valence-corrected chi connectivity index (χ2v) is 5.10. The largest absolute Gasteiger partial charge is 0.372 e. The number of halogens is 2. The first-order valence-electron chi connectivity index (χ1n) is 5.43. The standard InChI is InChI=1S/C14H11Cl2NS/c15-12-6-4-10(5-7-12)9-17-14(18)11-2-1-3-13(16)8-11/h1-8H,9H2,(H,17,18). The highest BCUT2D eigenvalue weighted by atomic mass is 35.5. The molecule has 0 aliphatic heterocycles. The van der Waals surface area contributed by atoms with E-state index in [9.17, 15) is 0 Å². The van der Waals surface area contributed by atoms with Crippen molar-refractivity contribution in [1.29, 1.82) is 0 Å². The maximum atomic E-state index is 5.92. The fraction of sp³-hybridized carbons (Fsp3) is 0.0714. The summed E-state index contributed by atoms with van der Waals surface area (Å²) in [5.74, 6) is 0. The van der Waals surface area contributed by atoms with E-state index < -0.39 is 0 Å². The number of hydrogen-bond acceptors (Lipinski definition) is 1. The molecule has 0 spiro atoms. The Morgan fingerprint density at radius 2 is 1.72 bits per heavy atom. The van der Waals surface area contributed by atoms with E-state index in [1.807, 2.05) is 48.5 Å². The van der Waals surface area contributed by atoms with Gasteiger partial charge >= 0.3 is 0 Å². The lowest BCUT2D eigenvalue weighted by atomic mass is 10.2. The van der Waals surface area contributed by atoms with Gasteiger partial charge in [-0.2, -0.15) is 0 Å². The maximum absolute atomic E-state index is 5.92. The van der Waals surface area contributed by atoms with Crippen molar-refractivity contribution in [2.24, 2.45) is 0 Å². The average Bonchev–Trinajstić information content (AvgIpc) is 2.38. The molecule has 0 saturated heterocycles. The minimum absolute atomic E-state index is 0.669. The van der Waals surface area contributed by atoms with Gasteiger partial charge in [0.1, 0.15) is 4.99 Å². The van der Waals surface area contributed by atoms with Crippen molar-refractivity contribution in [3.8, 4) is 0 Å². The van der Waals surface area contributed by atoms with Gasteiger partial charge in [-0.15, -0.1) is 0 Å².